The van der Waals surface area contributed by atoms with Gasteiger partial charge in [-0.2, -0.15) is 0 Å². The Labute approximate surface area is 109 Å². The molecular weight excluding hydrogens is 226 g/mol. The van der Waals surface area contributed by atoms with Gasteiger partial charge in [-0.05, 0) is 49.8 Å². The number of ether oxygens (including phenoxy) is 1. The summed E-state index contributed by atoms with van der Waals surface area (Å²) in [6.07, 6.45) is 3.41. The van der Waals surface area contributed by atoms with E-state index in [4.69, 9.17) is 9.84 Å². The second kappa shape index (κ2) is 6.21. The van der Waals surface area contributed by atoms with Crippen molar-refractivity contribution in [1.29, 1.82) is 0 Å². The van der Waals surface area contributed by atoms with Gasteiger partial charge >= 0.3 is 0 Å². The van der Waals surface area contributed by atoms with Crippen LogP contribution in [0.15, 0.2) is 24.3 Å². The maximum absolute atomic E-state index is 8.99. The zero-order valence-corrected chi connectivity index (χ0v) is 11.2. The number of methoxy groups -OCH3 is 1. The van der Waals surface area contributed by atoms with E-state index in [-0.39, 0.29) is 6.61 Å². The SMILES string of the molecule is COc1ccc(C(NC(C)CCO)C2CC2)cc1. The lowest BCUT2D eigenvalue weighted by Gasteiger charge is -2.23. The Balaban J connectivity index is 2.04. The van der Waals surface area contributed by atoms with E-state index in [0.29, 0.717) is 12.1 Å². The molecular formula is C15H23NO2. The van der Waals surface area contributed by atoms with Crippen LogP contribution < -0.4 is 10.1 Å². The van der Waals surface area contributed by atoms with Crippen molar-refractivity contribution in [1.82, 2.24) is 5.32 Å². The second-order valence-corrected chi connectivity index (χ2v) is 5.17. The summed E-state index contributed by atoms with van der Waals surface area (Å²) in [6, 6.07) is 9.08. The first-order valence-electron chi connectivity index (χ1n) is 6.75. The third-order valence-corrected chi connectivity index (χ3v) is 3.59. The molecule has 0 aromatic heterocycles. The zero-order valence-electron chi connectivity index (χ0n) is 11.2. The van der Waals surface area contributed by atoms with Crippen LogP contribution in [0, 0.1) is 5.92 Å². The summed E-state index contributed by atoms with van der Waals surface area (Å²) in [5.41, 5.74) is 1.32. The number of rotatable bonds is 7. The summed E-state index contributed by atoms with van der Waals surface area (Å²) in [7, 11) is 1.69. The quantitative estimate of drug-likeness (QED) is 0.780. The molecule has 0 radical (unpaired) electrons. The molecule has 1 fully saturated rings. The van der Waals surface area contributed by atoms with E-state index >= 15 is 0 Å². The van der Waals surface area contributed by atoms with Gasteiger partial charge in [-0.15, -0.1) is 0 Å². The smallest absolute Gasteiger partial charge is 0.118 e. The van der Waals surface area contributed by atoms with Crippen molar-refractivity contribution in [3.63, 3.8) is 0 Å². The largest absolute Gasteiger partial charge is 0.497 e. The maximum Gasteiger partial charge on any atom is 0.118 e. The number of aliphatic hydroxyl groups is 1. The molecule has 0 aliphatic heterocycles. The molecule has 1 aliphatic carbocycles. The lowest BCUT2D eigenvalue weighted by molar-refractivity contribution is 0.260. The normalized spacial score (nSPS) is 18.4. The van der Waals surface area contributed by atoms with Crippen molar-refractivity contribution in [3.8, 4) is 5.75 Å². The summed E-state index contributed by atoms with van der Waals surface area (Å²) in [4.78, 5) is 0. The molecule has 0 heterocycles. The Bertz CT molecular complexity index is 359. The molecule has 1 saturated carbocycles. The van der Waals surface area contributed by atoms with Gasteiger partial charge in [-0.1, -0.05) is 12.1 Å². The average Bonchev–Trinajstić information content (AvgIpc) is 3.21. The predicted octanol–water partition coefficient (Wildman–Crippen LogP) is 2.51. The van der Waals surface area contributed by atoms with Crippen molar-refractivity contribution in [3.05, 3.63) is 29.8 Å². The Kier molecular flexibility index (Phi) is 4.61. The van der Waals surface area contributed by atoms with Gasteiger partial charge in [0.1, 0.15) is 5.75 Å². The van der Waals surface area contributed by atoms with E-state index in [1.807, 2.05) is 12.1 Å². The molecule has 0 amide bonds. The summed E-state index contributed by atoms with van der Waals surface area (Å²) < 4.78 is 5.19. The van der Waals surface area contributed by atoms with Crippen LogP contribution in [0.4, 0.5) is 0 Å². The van der Waals surface area contributed by atoms with Gasteiger partial charge in [-0.3, -0.25) is 0 Å². The van der Waals surface area contributed by atoms with Crippen LogP contribution in [0.1, 0.15) is 37.8 Å². The highest BCUT2D eigenvalue weighted by Crippen LogP contribution is 2.41. The first-order valence-corrected chi connectivity index (χ1v) is 6.75. The minimum absolute atomic E-state index is 0.244. The first kappa shape index (κ1) is 13.4. The van der Waals surface area contributed by atoms with Gasteiger partial charge in [0, 0.05) is 18.7 Å². The Morgan fingerprint density at radius 1 is 1.33 bits per heavy atom. The van der Waals surface area contributed by atoms with E-state index < -0.39 is 0 Å². The van der Waals surface area contributed by atoms with Crippen LogP contribution >= 0.6 is 0 Å². The third kappa shape index (κ3) is 3.47. The Morgan fingerprint density at radius 2 is 2.00 bits per heavy atom. The van der Waals surface area contributed by atoms with Gasteiger partial charge in [0.15, 0.2) is 0 Å². The molecule has 1 aromatic rings. The minimum atomic E-state index is 0.244. The number of hydrogen-bond donors (Lipinski definition) is 2. The zero-order chi connectivity index (χ0) is 13.0. The standard InChI is InChI=1S/C15H23NO2/c1-11(9-10-17)16-15(12-3-4-12)13-5-7-14(18-2)8-6-13/h5-8,11-12,15-17H,3-4,9-10H2,1-2H3. The van der Waals surface area contributed by atoms with Gasteiger partial charge in [0.2, 0.25) is 0 Å². The van der Waals surface area contributed by atoms with E-state index in [2.05, 4.69) is 24.4 Å². The summed E-state index contributed by atoms with van der Waals surface area (Å²) in [5.74, 6) is 1.65. The molecule has 100 valence electrons. The molecule has 0 saturated heterocycles. The van der Waals surface area contributed by atoms with E-state index in [0.717, 1.165) is 18.1 Å². The number of aliphatic hydroxyl groups excluding tert-OH is 1. The highest BCUT2D eigenvalue weighted by atomic mass is 16.5. The topological polar surface area (TPSA) is 41.5 Å². The summed E-state index contributed by atoms with van der Waals surface area (Å²) >= 11 is 0. The summed E-state index contributed by atoms with van der Waals surface area (Å²) in [5, 5.41) is 12.6. The van der Waals surface area contributed by atoms with Gasteiger partial charge < -0.3 is 15.2 Å². The van der Waals surface area contributed by atoms with E-state index in [1.165, 1.54) is 18.4 Å². The molecule has 3 heteroatoms. The van der Waals surface area contributed by atoms with Crippen molar-refractivity contribution >= 4 is 0 Å². The molecule has 2 N–H and O–H groups in total. The van der Waals surface area contributed by atoms with E-state index in [1.54, 1.807) is 7.11 Å². The lowest BCUT2D eigenvalue weighted by atomic mass is 10.0. The fraction of sp³-hybridized carbons (Fsp3) is 0.600. The Morgan fingerprint density at radius 3 is 2.50 bits per heavy atom. The van der Waals surface area contributed by atoms with Gasteiger partial charge in [0.05, 0.1) is 7.11 Å². The molecule has 1 aliphatic rings. The monoisotopic (exact) mass is 249 g/mol. The van der Waals surface area contributed by atoms with Crippen LogP contribution in [-0.4, -0.2) is 24.9 Å². The van der Waals surface area contributed by atoms with Crippen LogP contribution in [0.2, 0.25) is 0 Å². The van der Waals surface area contributed by atoms with Gasteiger partial charge in [0.25, 0.3) is 0 Å². The van der Waals surface area contributed by atoms with Gasteiger partial charge in [-0.25, -0.2) is 0 Å². The number of benzene rings is 1. The van der Waals surface area contributed by atoms with Crippen LogP contribution in [-0.2, 0) is 0 Å². The maximum atomic E-state index is 8.99. The number of nitrogens with one attached hydrogen (secondary N) is 1. The average molecular weight is 249 g/mol. The number of hydrogen-bond acceptors (Lipinski definition) is 3. The summed E-state index contributed by atoms with van der Waals surface area (Å²) in [6.45, 7) is 2.38. The van der Waals surface area contributed by atoms with Crippen molar-refractivity contribution in [2.75, 3.05) is 13.7 Å². The fourth-order valence-corrected chi connectivity index (χ4v) is 2.33. The molecule has 0 spiro atoms. The third-order valence-electron chi connectivity index (χ3n) is 3.59. The van der Waals surface area contributed by atoms with Crippen molar-refractivity contribution in [2.24, 2.45) is 5.92 Å². The minimum Gasteiger partial charge on any atom is -0.497 e. The molecule has 3 nitrogen and oxygen atoms in total. The fourth-order valence-electron chi connectivity index (χ4n) is 2.33. The Hall–Kier alpha value is -1.06. The predicted molar refractivity (Wildman–Crippen MR) is 72.8 cm³/mol. The molecule has 2 unspecified atom stereocenters. The van der Waals surface area contributed by atoms with Crippen LogP contribution in [0.3, 0.4) is 0 Å². The lowest BCUT2D eigenvalue weighted by Crippen LogP contribution is -2.32. The van der Waals surface area contributed by atoms with Crippen molar-refractivity contribution in [2.45, 2.75) is 38.3 Å². The molecule has 1 aromatic carbocycles. The molecule has 2 rings (SSSR count). The van der Waals surface area contributed by atoms with Crippen molar-refractivity contribution < 1.29 is 9.84 Å². The highest BCUT2D eigenvalue weighted by molar-refractivity contribution is 5.30. The first-order chi connectivity index (χ1) is 8.74. The molecule has 0 bridgehead atoms. The highest BCUT2D eigenvalue weighted by Gasteiger charge is 2.32. The van der Waals surface area contributed by atoms with Crippen LogP contribution in [0.25, 0.3) is 0 Å². The second-order valence-electron chi connectivity index (χ2n) is 5.17. The molecule has 2 atom stereocenters. The van der Waals surface area contributed by atoms with E-state index in [9.17, 15) is 0 Å². The van der Waals surface area contributed by atoms with Crippen LogP contribution in [0.5, 0.6) is 5.75 Å². The molecule has 18 heavy (non-hydrogen) atoms.